The van der Waals surface area contributed by atoms with Gasteiger partial charge in [0.2, 0.25) is 5.95 Å². The number of nitrogens with two attached hydrogens (primary N) is 1. The highest BCUT2D eigenvalue weighted by Crippen LogP contribution is 1.98. The molecule has 11 heavy (non-hydrogen) atoms. The largest absolute Gasteiger partial charge is 0.369 e. The maximum Gasteiger partial charge on any atom is 0.257 e. The van der Waals surface area contributed by atoms with Gasteiger partial charge >= 0.3 is 0 Å². The fourth-order valence-corrected chi connectivity index (χ4v) is 0.841. The quantitative estimate of drug-likeness (QED) is 0.569. The van der Waals surface area contributed by atoms with Gasteiger partial charge in [-0.15, -0.1) is 0 Å². The van der Waals surface area contributed by atoms with Crippen molar-refractivity contribution < 1.29 is 0 Å². The van der Waals surface area contributed by atoms with Crippen LogP contribution in [0.4, 0.5) is 5.95 Å². The zero-order valence-electron chi connectivity index (χ0n) is 6.88. The summed E-state index contributed by atoms with van der Waals surface area (Å²) in [6.45, 7) is 3.51. The molecule has 0 atom stereocenters. The van der Waals surface area contributed by atoms with E-state index in [9.17, 15) is 4.79 Å². The van der Waals surface area contributed by atoms with Gasteiger partial charge in [-0.1, -0.05) is 0 Å². The molecule has 0 radical (unpaired) electrons. The van der Waals surface area contributed by atoms with E-state index in [2.05, 4.69) is 4.98 Å². The van der Waals surface area contributed by atoms with Crippen molar-refractivity contribution in [3.63, 3.8) is 0 Å². The SMILES string of the molecule is Cc1nc(N)n(C)c(=O)c1C. The van der Waals surface area contributed by atoms with Crippen molar-refractivity contribution >= 4 is 5.95 Å². The molecule has 0 aliphatic rings. The smallest absolute Gasteiger partial charge is 0.257 e. The summed E-state index contributed by atoms with van der Waals surface area (Å²) in [5, 5.41) is 0. The monoisotopic (exact) mass is 153 g/mol. The topological polar surface area (TPSA) is 60.9 Å². The van der Waals surface area contributed by atoms with Gasteiger partial charge in [-0.3, -0.25) is 9.36 Å². The Morgan fingerprint density at radius 3 is 2.55 bits per heavy atom. The molecule has 4 nitrogen and oxygen atoms in total. The molecular formula is C7H11N3O. The molecule has 0 spiro atoms. The molecule has 0 fully saturated rings. The third kappa shape index (κ3) is 1.11. The third-order valence-corrected chi connectivity index (χ3v) is 1.79. The lowest BCUT2D eigenvalue weighted by Crippen LogP contribution is -2.24. The molecule has 1 heterocycles. The molecule has 0 aliphatic heterocycles. The zero-order valence-corrected chi connectivity index (χ0v) is 6.88. The molecule has 0 aliphatic carbocycles. The van der Waals surface area contributed by atoms with Gasteiger partial charge in [0.25, 0.3) is 5.56 Å². The van der Waals surface area contributed by atoms with E-state index in [4.69, 9.17) is 5.73 Å². The minimum absolute atomic E-state index is 0.0741. The molecule has 0 amide bonds. The summed E-state index contributed by atoms with van der Waals surface area (Å²) >= 11 is 0. The summed E-state index contributed by atoms with van der Waals surface area (Å²) < 4.78 is 1.34. The standard InChI is InChI=1S/C7H11N3O/c1-4-5(2)9-7(8)10(3)6(4)11/h1-3H3,(H2,8,9). The molecular weight excluding hydrogens is 142 g/mol. The van der Waals surface area contributed by atoms with Crippen molar-refractivity contribution in [1.29, 1.82) is 0 Å². The highest BCUT2D eigenvalue weighted by molar-refractivity contribution is 5.24. The van der Waals surface area contributed by atoms with Crippen molar-refractivity contribution in [2.75, 3.05) is 5.73 Å². The fraction of sp³-hybridized carbons (Fsp3) is 0.429. The second-order valence-electron chi connectivity index (χ2n) is 2.54. The number of aromatic nitrogens is 2. The summed E-state index contributed by atoms with van der Waals surface area (Å²) in [5.41, 5.74) is 6.72. The average molecular weight is 153 g/mol. The highest BCUT2D eigenvalue weighted by atomic mass is 16.1. The second-order valence-corrected chi connectivity index (χ2v) is 2.54. The van der Waals surface area contributed by atoms with Gasteiger partial charge in [0.15, 0.2) is 0 Å². The molecule has 60 valence electrons. The Morgan fingerprint density at radius 1 is 1.45 bits per heavy atom. The molecule has 0 saturated heterocycles. The molecule has 1 aromatic rings. The van der Waals surface area contributed by atoms with Gasteiger partial charge in [-0.2, -0.15) is 0 Å². The van der Waals surface area contributed by atoms with Crippen molar-refractivity contribution in [3.8, 4) is 0 Å². The van der Waals surface area contributed by atoms with Crippen LogP contribution in [0.5, 0.6) is 0 Å². The first-order valence-corrected chi connectivity index (χ1v) is 3.33. The summed E-state index contributed by atoms with van der Waals surface area (Å²) in [4.78, 5) is 15.2. The van der Waals surface area contributed by atoms with E-state index in [1.165, 1.54) is 4.57 Å². The summed E-state index contributed by atoms with van der Waals surface area (Å²) in [5.74, 6) is 0.262. The van der Waals surface area contributed by atoms with Crippen LogP contribution < -0.4 is 11.3 Å². The number of rotatable bonds is 0. The Hall–Kier alpha value is -1.32. The molecule has 2 N–H and O–H groups in total. The van der Waals surface area contributed by atoms with E-state index in [-0.39, 0.29) is 11.5 Å². The van der Waals surface area contributed by atoms with Crippen LogP contribution in [0.3, 0.4) is 0 Å². The summed E-state index contributed by atoms with van der Waals surface area (Å²) in [6, 6.07) is 0. The van der Waals surface area contributed by atoms with Gasteiger partial charge in [-0.05, 0) is 13.8 Å². The van der Waals surface area contributed by atoms with Crippen molar-refractivity contribution in [1.82, 2.24) is 9.55 Å². The Balaban J connectivity index is 3.59. The van der Waals surface area contributed by atoms with E-state index in [0.29, 0.717) is 11.3 Å². The van der Waals surface area contributed by atoms with E-state index in [1.807, 2.05) is 0 Å². The van der Waals surface area contributed by atoms with Gasteiger partial charge in [0.1, 0.15) is 0 Å². The normalized spacial score (nSPS) is 10.1. The Kier molecular flexibility index (Phi) is 1.68. The van der Waals surface area contributed by atoms with Gasteiger partial charge in [0.05, 0.1) is 0 Å². The zero-order chi connectivity index (χ0) is 8.59. The van der Waals surface area contributed by atoms with Crippen LogP contribution in [0.2, 0.25) is 0 Å². The summed E-state index contributed by atoms with van der Waals surface area (Å²) in [6.07, 6.45) is 0. The lowest BCUT2D eigenvalue weighted by molar-refractivity contribution is 0.818. The Bertz CT molecular complexity index is 311. The molecule has 0 unspecified atom stereocenters. The number of hydrogen-bond acceptors (Lipinski definition) is 3. The van der Waals surface area contributed by atoms with Crippen LogP contribution in [0.15, 0.2) is 4.79 Å². The Labute approximate surface area is 64.7 Å². The van der Waals surface area contributed by atoms with E-state index >= 15 is 0 Å². The average Bonchev–Trinajstić information content (AvgIpc) is 1.97. The van der Waals surface area contributed by atoms with Crippen LogP contribution in [-0.2, 0) is 7.05 Å². The van der Waals surface area contributed by atoms with E-state index in [1.54, 1.807) is 20.9 Å². The maximum atomic E-state index is 11.3. The van der Waals surface area contributed by atoms with E-state index < -0.39 is 0 Å². The fourth-order valence-electron chi connectivity index (χ4n) is 0.841. The summed E-state index contributed by atoms with van der Waals surface area (Å²) in [7, 11) is 1.61. The number of nitrogen functional groups attached to an aromatic ring is 1. The number of aryl methyl sites for hydroxylation is 1. The first-order valence-electron chi connectivity index (χ1n) is 3.33. The lowest BCUT2D eigenvalue weighted by atomic mass is 10.3. The molecule has 1 aromatic heterocycles. The Morgan fingerprint density at radius 2 is 2.00 bits per heavy atom. The van der Waals surface area contributed by atoms with Crippen LogP contribution in [0.25, 0.3) is 0 Å². The lowest BCUT2D eigenvalue weighted by Gasteiger charge is -2.04. The first-order chi connectivity index (χ1) is 5.04. The van der Waals surface area contributed by atoms with Gasteiger partial charge in [0, 0.05) is 18.3 Å². The number of hydrogen-bond donors (Lipinski definition) is 1. The number of nitrogens with zero attached hydrogens (tertiary/aromatic N) is 2. The van der Waals surface area contributed by atoms with Crippen molar-refractivity contribution in [2.45, 2.75) is 13.8 Å². The van der Waals surface area contributed by atoms with Crippen LogP contribution in [0.1, 0.15) is 11.3 Å². The predicted molar refractivity (Wildman–Crippen MR) is 43.4 cm³/mol. The van der Waals surface area contributed by atoms with Crippen molar-refractivity contribution in [2.24, 2.45) is 7.05 Å². The number of anilines is 1. The van der Waals surface area contributed by atoms with E-state index in [0.717, 1.165) is 0 Å². The minimum atomic E-state index is -0.0741. The van der Waals surface area contributed by atoms with Crippen LogP contribution in [0, 0.1) is 13.8 Å². The predicted octanol–water partition coefficient (Wildman–Crippen LogP) is -0.0207. The molecule has 0 aromatic carbocycles. The maximum absolute atomic E-state index is 11.3. The molecule has 0 saturated carbocycles. The van der Waals surface area contributed by atoms with Gasteiger partial charge in [-0.25, -0.2) is 4.98 Å². The minimum Gasteiger partial charge on any atom is -0.369 e. The molecule has 1 rings (SSSR count). The van der Waals surface area contributed by atoms with Crippen molar-refractivity contribution in [3.05, 3.63) is 21.6 Å². The second kappa shape index (κ2) is 2.38. The third-order valence-electron chi connectivity index (χ3n) is 1.79. The highest BCUT2D eigenvalue weighted by Gasteiger charge is 2.03. The van der Waals surface area contributed by atoms with Crippen LogP contribution >= 0.6 is 0 Å². The van der Waals surface area contributed by atoms with Gasteiger partial charge < -0.3 is 5.73 Å². The molecule has 4 heteroatoms. The first kappa shape index (κ1) is 7.78. The van der Waals surface area contributed by atoms with Crippen LogP contribution in [-0.4, -0.2) is 9.55 Å². The molecule has 0 bridgehead atoms.